The highest BCUT2D eigenvalue weighted by atomic mass is 32.2. The van der Waals surface area contributed by atoms with Crippen molar-refractivity contribution in [2.45, 2.75) is 24.7 Å². The first-order valence-electron chi connectivity index (χ1n) is 8.40. The van der Waals surface area contributed by atoms with Gasteiger partial charge in [-0.05, 0) is 36.8 Å². The Kier molecular flexibility index (Phi) is 6.76. The summed E-state index contributed by atoms with van der Waals surface area (Å²) in [6, 6.07) is 13.0. The first-order chi connectivity index (χ1) is 12.4. The zero-order valence-corrected chi connectivity index (χ0v) is 16.0. The number of unbranched alkanes of at least 4 members (excludes halogenated alkanes) is 1. The quantitative estimate of drug-likeness (QED) is 0.766. The van der Waals surface area contributed by atoms with Gasteiger partial charge in [0.2, 0.25) is 10.0 Å². The highest BCUT2D eigenvalue weighted by molar-refractivity contribution is 7.89. The number of benzene rings is 2. The zero-order chi connectivity index (χ0) is 19.2. The van der Waals surface area contributed by atoms with Crippen molar-refractivity contribution in [3.63, 3.8) is 0 Å². The van der Waals surface area contributed by atoms with Crippen LogP contribution in [0.3, 0.4) is 0 Å². The minimum Gasteiger partial charge on any atom is -0.497 e. The minimum absolute atomic E-state index is 0.106. The molecule has 2 rings (SSSR count). The Morgan fingerprint density at radius 2 is 1.88 bits per heavy atom. The highest BCUT2D eigenvalue weighted by Crippen LogP contribution is 2.20. The number of ether oxygens (including phenoxy) is 1. The normalized spacial score (nSPS) is 11.4. The lowest BCUT2D eigenvalue weighted by atomic mass is 10.2. The van der Waals surface area contributed by atoms with E-state index in [4.69, 9.17) is 4.74 Å². The number of anilines is 1. The van der Waals surface area contributed by atoms with Gasteiger partial charge >= 0.3 is 0 Å². The number of nitrogens with zero attached hydrogens (tertiary/aromatic N) is 1. The minimum atomic E-state index is -3.62. The summed E-state index contributed by atoms with van der Waals surface area (Å²) in [7, 11) is -0.522. The van der Waals surface area contributed by atoms with Crippen molar-refractivity contribution in [2.75, 3.05) is 26.0 Å². The molecule has 0 atom stereocenters. The van der Waals surface area contributed by atoms with E-state index in [-0.39, 0.29) is 16.4 Å². The summed E-state index contributed by atoms with van der Waals surface area (Å²) in [6.45, 7) is 2.45. The van der Waals surface area contributed by atoms with Gasteiger partial charge in [-0.2, -0.15) is 0 Å². The van der Waals surface area contributed by atoms with Crippen LogP contribution in [0.1, 0.15) is 30.1 Å². The van der Waals surface area contributed by atoms with Crippen LogP contribution in [0.2, 0.25) is 0 Å². The first-order valence-corrected chi connectivity index (χ1v) is 9.84. The summed E-state index contributed by atoms with van der Waals surface area (Å²) in [5.41, 5.74) is 0.848. The molecular weight excluding hydrogens is 352 g/mol. The maximum atomic E-state index is 12.6. The molecule has 0 heterocycles. The predicted molar refractivity (Wildman–Crippen MR) is 102 cm³/mol. The summed E-state index contributed by atoms with van der Waals surface area (Å²) >= 11 is 0. The molecule has 26 heavy (non-hydrogen) atoms. The molecule has 0 aliphatic carbocycles. The van der Waals surface area contributed by atoms with Gasteiger partial charge in [0.25, 0.3) is 5.91 Å². The van der Waals surface area contributed by atoms with Gasteiger partial charge in [0.15, 0.2) is 0 Å². The van der Waals surface area contributed by atoms with Gasteiger partial charge in [0.05, 0.1) is 12.0 Å². The van der Waals surface area contributed by atoms with Gasteiger partial charge in [-0.15, -0.1) is 0 Å². The summed E-state index contributed by atoms with van der Waals surface area (Å²) in [5.74, 6) is 0.239. The lowest BCUT2D eigenvalue weighted by Gasteiger charge is -2.17. The Bertz CT molecular complexity index is 865. The molecular formula is C19H24N2O4S. The van der Waals surface area contributed by atoms with Crippen LogP contribution in [0.25, 0.3) is 0 Å². The van der Waals surface area contributed by atoms with Gasteiger partial charge in [-0.3, -0.25) is 4.79 Å². The molecule has 2 aromatic rings. The highest BCUT2D eigenvalue weighted by Gasteiger charge is 2.21. The maximum Gasteiger partial charge on any atom is 0.255 e. The number of sulfonamides is 1. The van der Waals surface area contributed by atoms with E-state index in [1.807, 2.05) is 6.92 Å². The molecule has 0 saturated carbocycles. The van der Waals surface area contributed by atoms with Crippen LogP contribution in [0.4, 0.5) is 5.69 Å². The van der Waals surface area contributed by atoms with Gasteiger partial charge in [-0.1, -0.05) is 25.5 Å². The lowest BCUT2D eigenvalue weighted by molar-refractivity contribution is 0.102. The first kappa shape index (κ1) is 19.9. The van der Waals surface area contributed by atoms with Gasteiger partial charge in [0, 0.05) is 30.9 Å². The average Bonchev–Trinajstić information content (AvgIpc) is 2.66. The van der Waals surface area contributed by atoms with Crippen LogP contribution in [0.5, 0.6) is 5.75 Å². The summed E-state index contributed by atoms with van der Waals surface area (Å²) in [5, 5.41) is 2.75. The molecule has 0 unspecified atom stereocenters. The number of hydrogen-bond donors (Lipinski definition) is 1. The monoisotopic (exact) mass is 376 g/mol. The number of carbonyl (C=O) groups excluding carboxylic acids is 1. The largest absolute Gasteiger partial charge is 0.497 e. The molecule has 0 aromatic heterocycles. The third-order valence-electron chi connectivity index (χ3n) is 3.96. The Labute approximate surface area is 154 Å². The van der Waals surface area contributed by atoms with E-state index < -0.39 is 10.0 Å². The van der Waals surface area contributed by atoms with E-state index in [0.717, 1.165) is 12.8 Å². The number of carbonyl (C=O) groups is 1. The van der Waals surface area contributed by atoms with Crippen LogP contribution >= 0.6 is 0 Å². The molecule has 6 nitrogen and oxygen atoms in total. The van der Waals surface area contributed by atoms with Crippen LogP contribution in [-0.2, 0) is 10.0 Å². The van der Waals surface area contributed by atoms with Crippen molar-refractivity contribution >= 4 is 21.6 Å². The smallest absolute Gasteiger partial charge is 0.255 e. The fraction of sp³-hybridized carbons (Fsp3) is 0.316. The summed E-state index contributed by atoms with van der Waals surface area (Å²) < 4.78 is 31.7. The number of hydrogen-bond acceptors (Lipinski definition) is 4. The molecule has 1 amide bonds. The average molecular weight is 376 g/mol. The van der Waals surface area contributed by atoms with Crippen LogP contribution < -0.4 is 10.1 Å². The predicted octanol–water partition coefficient (Wildman–Crippen LogP) is 3.37. The Morgan fingerprint density at radius 1 is 1.15 bits per heavy atom. The molecule has 0 bridgehead atoms. The molecule has 0 spiro atoms. The van der Waals surface area contributed by atoms with Gasteiger partial charge in [0.1, 0.15) is 5.75 Å². The van der Waals surface area contributed by atoms with Gasteiger partial charge < -0.3 is 10.1 Å². The molecule has 7 heteroatoms. The molecule has 0 radical (unpaired) electrons. The zero-order valence-electron chi connectivity index (χ0n) is 15.2. The number of nitrogens with one attached hydrogen (secondary N) is 1. The van der Waals surface area contributed by atoms with Crippen molar-refractivity contribution in [3.05, 3.63) is 54.1 Å². The molecule has 0 fully saturated rings. The molecule has 0 aliphatic heterocycles. The second kappa shape index (κ2) is 8.82. The Balaban J connectivity index is 2.21. The lowest BCUT2D eigenvalue weighted by Crippen LogP contribution is -2.28. The maximum absolute atomic E-state index is 12.6. The van der Waals surface area contributed by atoms with E-state index in [0.29, 0.717) is 18.0 Å². The summed E-state index contributed by atoms with van der Waals surface area (Å²) in [4.78, 5) is 12.6. The standard InChI is InChI=1S/C19H24N2O4S/c1-4-5-12-21(2)26(23,24)18-11-6-8-15(13-18)19(22)20-16-9-7-10-17(14-16)25-3/h6-11,13-14H,4-5,12H2,1-3H3,(H,20,22). The van der Waals surface area contributed by atoms with E-state index in [1.165, 1.54) is 16.4 Å². The Morgan fingerprint density at radius 3 is 2.58 bits per heavy atom. The number of rotatable bonds is 8. The second-order valence-electron chi connectivity index (χ2n) is 5.89. The van der Waals surface area contributed by atoms with E-state index in [1.54, 1.807) is 50.6 Å². The fourth-order valence-corrected chi connectivity index (χ4v) is 3.64. The van der Waals surface area contributed by atoms with Crippen molar-refractivity contribution in [3.8, 4) is 5.75 Å². The molecule has 0 saturated heterocycles. The third kappa shape index (κ3) is 4.83. The third-order valence-corrected chi connectivity index (χ3v) is 5.81. The molecule has 2 aromatic carbocycles. The van der Waals surface area contributed by atoms with Crippen molar-refractivity contribution in [1.29, 1.82) is 0 Å². The molecule has 1 N–H and O–H groups in total. The van der Waals surface area contributed by atoms with E-state index in [2.05, 4.69) is 5.32 Å². The Hall–Kier alpha value is -2.38. The van der Waals surface area contributed by atoms with Crippen molar-refractivity contribution in [2.24, 2.45) is 0 Å². The second-order valence-corrected chi connectivity index (χ2v) is 7.94. The van der Waals surface area contributed by atoms with Crippen LogP contribution in [0, 0.1) is 0 Å². The SMILES string of the molecule is CCCCN(C)S(=O)(=O)c1cccc(C(=O)Nc2cccc(OC)c2)c1. The molecule has 0 aliphatic rings. The number of methoxy groups -OCH3 is 1. The molecule has 140 valence electrons. The topological polar surface area (TPSA) is 75.7 Å². The number of amides is 1. The fourth-order valence-electron chi connectivity index (χ4n) is 2.38. The van der Waals surface area contributed by atoms with Crippen molar-refractivity contribution in [1.82, 2.24) is 4.31 Å². The van der Waals surface area contributed by atoms with Gasteiger partial charge in [-0.25, -0.2) is 12.7 Å². The van der Waals surface area contributed by atoms with Crippen LogP contribution in [0.15, 0.2) is 53.4 Å². The van der Waals surface area contributed by atoms with E-state index >= 15 is 0 Å². The van der Waals surface area contributed by atoms with E-state index in [9.17, 15) is 13.2 Å². The van der Waals surface area contributed by atoms with Crippen LogP contribution in [-0.4, -0.2) is 39.3 Å². The van der Waals surface area contributed by atoms with Crippen molar-refractivity contribution < 1.29 is 17.9 Å². The summed E-state index contributed by atoms with van der Waals surface area (Å²) in [6.07, 6.45) is 1.69.